The van der Waals surface area contributed by atoms with Crippen molar-refractivity contribution in [1.29, 1.82) is 0 Å². The van der Waals surface area contributed by atoms with Crippen molar-refractivity contribution in [3.8, 4) is 5.75 Å². The highest BCUT2D eigenvalue weighted by atomic mass is 79.9. The predicted molar refractivity (Wildman–Crippen MR) is 70.1 cm³/mol. The van der Waals surface area contributed by atoms with Crippen LogP contribution in [0.15, 0.2) is 27.6 Å². The van der Waals surface area contributed by atoms with Crippen LogP contribution in [0.4, 0.5) is 0 Å². The zero-order valence-corrected chi connectivity index (χ0v) is 12.2. The van der Waals surface area contributed by atoms with Gasteiger partial charge in [-0.15, -0.1) is 0 Å². The Morgan fingerprint density at radius 2 is 2.22 bits per heavy atom. The highest BCUT2D eigenvalue weighted by Crippen LogP contribution is 2.31. The maximum atomic E-state index is 12.4. The lowest BCUT2D eigenvalue weighted by molar-refractivity contribution is 0.189. The molecule has 0 spiro atoms. The standard InChI is InChI=1S/C11H14BrNO4S/c1-17-10-3-2-8(12)6-11(10)18(15,16)13-5-4-9(14)7-13/h2-3,6,9,14H,4-5,7H2,1H3/t9-/m1/s1. The highest BCUT2D eigenvalue weighted by molar-refractivity contribution is 9.10. The van der Waals surface area contributed by atoms with E-state index in [1.165, 1.54) is 17.5 Å². The van der Waals surface area contributed by atoms with E-state index in [1.54, 1.807) is 12.1 Å². The first-order valence-electron chi connectivity index (χ1n) is 5.47. The van der Waals surface area contributed by atoms with Crippen LogP contribution in [0.1, 0.15) is 6.42 Å². The molecule has 1 aromatic rings. The lowest BCUT2D eigenvalue weighted by atomic mass is 10.3. The molecule has 1 fully saturated rings. The van der Waals surface area contributed by atoms with Crippen LogP contribution in [-0.2, 0) is 10.0 Å². The zero-order chi connectivity index (χ0) is 13.3. The summed E-state index contributed by atoms with van der Waals surface area (Å²) < 4.78 is 31.9. The largest absolute Gasteiger partial charge is 0.495 e. The first-order chi connectivity index (χ1) is 8.45. The van der Waals surface area contributed by atoms with Gasteiger partial charge in [-0.3, -0.25) is 0 Å². The molecule has 0 radical (unpaired) electrons. The molecule has 1 saturated heterocycles. The minimum atomic E-state index is -3.62. The van der Waals surface area contributed by atoms with Crippen molar-refractivity contribution in [2.24, 2.45) is 0 Å². The number of rotatable bonds is 3. The van der Waals surface area contributed by atoms with Crippen molar-refractivity contribution in [1.82, 2.24) is 4.31 Å². The van der Waals surface area contributed by atoms with Gasteiger partial charge < -0.3 is 9.84 Å². The van der Waals surface area contributed by atoms with Gasteiger partial charge in [0.25, 0.3) is 0 Å². The van der Waals surface area contributed by atoms with E-state index in [9.17, 15) is 13.5 Å². The normalized spacial score (nSPS) is 21.2. The molecule has 1 heterocycles. The molecule has 1 aliphatic rings. The molecule has 0 saturated carbocycles. The summed E-state index contributed by atoms with van der Waals surface area (Å²) in [5.41, 5.74) is 0. The van der Waals surface area contributed by atoms with Gasteiger partial charge in [-0.1, -0.05) is 15.9 Å². The second-order valence-electron chi connectivity index (χ2n) is 4.10. The van der Waals surface area contributed by atoms with Gasteiger partial charge in [-0.05, 0) is 24.6 Å². The molecular weight excluding hydrogens is 322 g/mol. The number of nitrogens with zero attached hydrogens (tertiary/aromatic N) is 1. The van der Waals surface area contributed by atoms with Crippen molar-refractivity contribution in [2.75, 3.05) is 20.2 Å². The van der Waals surface area contributed by atoms with E-state index in [4.69, 9.17) is 4.74 Å². The van der Waals surface area contributed by atoms with Gasteiger partial charge >= 0.3 is 0 Å². The first-order valence-corrected chi connectivity index (χ1v) is 7.70. The van der Waals surface area contributed by atoms with E-state index in [1.807, 2.05) is 0 Å². The number of aliphatic hydroxyl groups excluding tert-OH is 1. The summed E-state index contributed by atoms with van der Waals surface area (Å²) in [6.07, 6.45) is -0.117. The Morgan fingerprint density at radius 1 is 1.50 bits per heavy atom. The molecule has 0 unspecified atom stereocenters. The number of aliphatic hydroxyl groups is 1. The summed E-state index contributed by atoms with van der Waals surface area (Å²) >= 11 is 3.25. The van der Waals surface area contributed by atoms with Crippen LogP contribution >= 0.6 is 15.9 Å². The average Bonchev–Trinajstić information content (AvgIpc) is 2.76. The van der Waals surface area contributed by atoms with Gasteiger partial charge in [0, 0.05) is 17.6 Å². The lowest BCUT2D eigenvalue weighted by Crippen LogP contribution is -2.30. The molecule has 2 rings (SSSR count). The Balaban J connectivity index is 2.43. The smallest absolute Gasteiger partial charge is 0.246 e. The summed E-state index contributed by atoms with van der Waals surface area (Å²) in [6, 6.07) is 4.83. The van der Waals surface area contributed by atoms with Crippen molar-refractivity contribution in [3.05, 3.63) is 22.7 Å². The number of halogens is 1. The third-order valence-corrected chi connectivity index (χ3v) is 5.25. The van der Waals surface area contributed by atoms with Crippen LogP contribution in [0.25, 0.3) is 0 Å². The molecule has 18 heavy (non-hydrogen) atoms. The van der Waals surface area contributed by atoms with Gasteiger partial charge in [-0.2, -0.15) is 4.31 Å². The number of benzene rings is 1. The van der Waals surface area contributed by atoms with Crippen LogP contribution in [0, 0.1) is 0 Å². The lowest BCUT2D eigenvalue weighted by Gasteiger charge is -2.17. The fourth-order valence-electron chi connectivity index (χ4n) is 1.92. The summed E-state index contributed by atoms with van der Waals surface area (Å²) in [7, 11) is -2.19. The Kier molecular flexibility index (Phi) is 3.96. The molecule has 1 atom stereocenters. The van der Waals surface area contributed by atoms with Crippen molar-refractivity contribution < 1.29 is 18.3 Å². The van der Waals surface area contributed by atoms with Crippen LogP contribution in [0.5, 0.6) is 5.75 Å². The summed E-state index contributed by atoms with van der Waals surface area (Å²) in [5, 5.41) is 9.44. The van der Waals surface area contributed by atoms with E-state index in [2.05, 4.69) is 15.9 Å². The van der Waals surface area contributed by atoms with Gasteiger partial charge in [-0.25, -0.2) is 8.42 Å². The van der Waals surface area contributed by atoms with Crippen molar-refractivity contribution in [2.45, 2.75) is 17.4 Å². The van der Waals surface area contributed by atoms with E-state index in [0.29, 0.717) is 23.2 Å². The molecule has 100 valence electrons. The van der Waals surface area contributed by atoms with Crippen molar-refractivity contribution >= 4 is 26.0 Å². The van der Waals surface area contributed by atoms with Gasteiger partial charge in [0.15, 0.2) is 0 Å². The van der Waals surface area contributed by atoms with Gasteiger partial charge in [0.1, 0.15) is 10.6 Å². The van der Waals surface area contributed by atoms with E-state index in [-0.39, 0.29) is 11.4 Å². The fourth-order valence-corrected chi connectivity index (χ4v) is 4.11. The quantitative estimate of drug-likeness (QED) is 0.901. The fraction of sp³-hybridized carbons (Fsp3) is 0.455. The Labute approximate surface area is 115 Å². The van der Waals surface area contributed by atoms with E-state index in [0.717, 1.165) is 0 Å². The minimum Gasteiger partial charge on any atom is -0.495 e. The first kappa shape index (κ1) is 13.8. The van der Waals surface area contributed by atoms with E-state index < -0.39 is 16.1 Å². The number of methoxy groups -OCH3 is 1. The summed E-state index contributed by atoms with van der Waals surface area (Å²) in [4.78, 5) is 0.119. The molecule has 0 amide bonds. The van der Waals surface area contributed by atoms with E-state index >= 15 is 0 Å². The predicted octanol–water partition coefficient (Wildman–Crippen LogP) is 1.21. The van der Waals surface area contributed by atoms with Crippen LogP contribution in [0.2, 0.25) is 0 Å². The van der Waals surface area contributed by atoms with Crippen molar-refractivity contribution in [3.63, 3.8) is 0 Å². The molecule has 0 aromatic heterocycles. The topological polar surface area (TPSA) is 66.8 Å². The number of hydrogen-bond donors (Lipinski definition) is 1. The molecule has 1 aromatic carbocycles. The Bertz CT molecular complexity index is 546. The maximum absolute atomic E-state index is 12.4. The molecule has 0 bridgehead atoms. The second kappa shape index (κ2) is 5.16. The monoisotopic (exact) mass is 335 g/mol. The molecule has 7 heteroatoms. The maximum Gasteiger partial charge on any atom is 0.246 e. The van der Waals surface area contributed by atoms with Crippen LogP contribution < -0.4 is 4.74 Å². The third-order valence-electron chi connectivity index (χ3n) is 2.87. The summed E-state index contributed by atoms with van der Waals surface area (Å²) in [6.45, 7) is 0.469. The minimum absolute atomic E-state index is 0.119. The Hall–Kier alpha value is -0.630. The SMILES string of the molecule is COc1ccc(Br)cc1S(=O)(=O)N1CC[C@@H](O)C1. The molecular formula is C11H14BrNO4S. The highest BCUT2D eigenvalue weighted by Gasteiger charge is 2.33. The Morgan fingerprint density at radius 3 is 2.78 bits per heavy atom. The molecule has 1 N–H and O–H groups in total. The van der Waals surface area contributed by atoms with Crippen LogP contribution in [-0.4, -0.2) is 44.1 Å². The summed E-state index contributed by atoms with van der Waals surface area (Å²) in [5.74, 6) is 0.305. The van der Waals surface area contributed by atoms with Crippen LogP contribution in [0.3, 0.4) is 0 Å². The number of ether oxygens (including phenoxy) is 1. The number of β-amino-alcohol motifs (C(OH)–C–C–N with tert-alkyl or cyclic N) is 1. The second-order valence-corrected chi connectivity index (χ2v) is 6.92. The number of sulfonamides is 1. The molecule has 5 nitrogen and oxygen atoms in total. The number of hydrogen-bond acceptors (Lipinski definition) is 4. The third kappa shape index (κ3) is 2.54. The zero-order valence-electron chi connectivity index (χ0n) is 9.84. The average molecular weight is 336 g/mol. The molecule has 1 aliphatic heterocycles. The molecule has 0 aliphatic carbocycles. The van der Waals surface area contributed by atoms with Gasteiger partial charge in [0.2, 0.25) is 10.0 Å². The van der Waals surface area contributed by atoms with Gasteiger partial charge in [0.05, 0.1) is 13.2 Å².